The zero-order valence-corrected chi connectivity index (χ0v) is 16.8. The van der Waals surface area contributed by atoms with Gasteiger partial charge in [0.1, 0.15) is 0 Å². The Balaban J connectivity index is 2.01. The predicted molar refractivity (Wildman–Crippen MR) is 103 cm³/mol. The molecule has 0 aromatic heterocycles. The molecule has 7 heteroatoms. The minimum absolute atomic E-state index is 0.0224. The SMILES string of the molecule is CC(c1cccc([N+](=O)[O-])c1)N(C)C(=O)C1CCN(C(=O)C(C)(C)C)CC1. The number of rotatable bonds is 4. The average molecular weight is 375 g/mol. The fraction of sp³-hybridized carbons (Fsp3) is 0.600. The van der Waals surface area contributed by atoms with E-state index in [0.29, 0.717) is 25.9 Å². The van der Waals surface area contributed by atoms with Crippen molar-refractivity contribution in [2.45, 2.75) is 46.6 Å². The number of likely N-dealkylation sites (tertiary alicyclic amines) is 1. The Morgan fingerprint density at radius 1 is 1.26 bits per heavy atom. The molecule has 2 rings (SSSR count). The van der Waals surface area contributed by atoms with Gasteiger partial charge < -0.3 is 9.80 Å². The van der Waals surface area contributed by atoms with Gasteiger partial charge in [0.15, 0.2) is 0 Å². The van der Waals surface area contributed by atoms with Crippen LogP contribution in [-0.2, 0) is 9.59 Å². The second-order valence-corrected chi connectivity index (χ2v) is 8.29. The van der Waals surface area contributed by atoms with Crippen molar-refractivity contribution >= 4 is 17.5 Å². The van der Waals surface area contributed by atoms with Gasteiger partial charge >= 0.3 is 0 Å². The first-order valence-electron chi connectivity index (χ1n) is 9.32. The van der Waals surface area contributed by atoms with Gasteiger partial charge in [-0.15, -0.1) is 0 Å². The summed E-state index contributed by atoms with van der Waals surface area (Å²) in [5.74, 6) is 0.0174. The van der Waals surface area contributed by atoms with E-state index in [0.717, 1.165) is 5.56 Å². The maximum atomic E-state index is 12.9. The molecule has 1 aliphatic rings. The molecule has 0 radical (unpaired) electrons. The van der Waals surface area contributed by atoms with Gasteiger partial charge in [-0.2, -0.15) is 0 Å². The lowest BCUT2D eigenvalue weighted by atomic mass is 9.90. The number of benzene rings is 1. The summed E-state index contributed by atoms with van der Waals surface area (Å²) < 4.78 is 0. The van der Waals surface area contributed by atoms with E-state index in [1.807, 2.05) is 32.6 Å². The van der Waals surface area contributed by atoms with Crippen molar-refractivity contribution in [3.8, 4) is 0 Å². The Morgan fingerprint density at radius 2 is 1.85 bits per heavy atom. The smallest absolute Gasteiger partial charge is 0.269 e. The summed E-state index contributed by atoms with van der Waals surface area (Å²) in [7, 11) is 1.73. The fourth-order valence-electron chi connectivity index (χ4n) is 3.40. The number of hydrogen-bond acceptors (Lipinski definition) is 4. The molecule has 7 nitrogen and oxygen atoms in total. The third-order valence-electron chi connectivity index (χ3n) is 5.27. The molecule has 0 saturated carbocycles. The summed E-state index contributed by atoms with van der Waals surface area (Å²) in [4.78, 5) is 39.3. The predicted octanol–water partition coefficient (Wildman–Crippen LogP) is 3.40. The molecule has 1 aromatic carbocycles. The van der Waals surface area contributed by atoms with Crippen LogP contribution >= 0.6 is 0 Å². The highest BCUT2D eigenvalue weighted by Gasteiger charge is 2.34. The van der Waals surface area contributed by atoms with Crippen molar-refractivity contribution in [2.24, 2.45) is 11.3 Å². The number of amides is 2. The van der Waals surface area contributed by atoms with E-state index in [2.05, 4.69) is 0 Å². The molecule has 1 aromatic rings. The molecule has 1 unspecified atom stereocenters. The lowest BCUT2D eigenvalue weighted by Crippen LogP contribution is -2.47. The van der Waals surface area contributed by atoms with Crippen LogP contribution in [0.4, 0.5) is 5.69 Å². The van der Waals surface area contributed by atoms with Crippen molar-refractivity contribution < 1.29 is 14.5 Å². The normalized spacial score (nSPS) is 16.7. The molecular formula is C20H29N3O4. The molecule has 1 saturated heterocycles. The number of nitro benzene ring substituents is 1. The van der Waals surface area contributed by atoms with E-state index in [1.54, 1.807) is 24.1 Å². The maximum absolute atomic E-state index is 12.9. The first-order valence-corrected chi connectivity index (χ1v) is 9.32. The fourth-order valence-corrected chi connectivity index (χ4v) is 3.40. The molecule has 148 valence electrons. The maximum Gasteiger partial charge on any atom is 0.269 e. The van der Waals surface area contributed by atoms with Gasteiger partial charge in [0.05, 0.1) is 11.0 Å². The molecule has 1 heterocycles. The highest BCUT2D eigenvalue weighted by atomic mass is 16.6. The van der Waals surface area contributed by atoms with E-state index in [-0.39, 0.29) is 29.5 Å². The Kier molecular flexibility index (Phi) is 6.23. The van der Waals surface area contributed by atoms with E-state index in [1.165, 1.54) is 12.1 Å². The monoisotopic (exact) mass is 375 g/mol. The summed E-state index contributed by atoms with van der Waals surface area (Å²) >= 11 is 0. The largest absolute Gasteiger partial charge is 0.342 e. The van der Waals surface area contributed by atoms with Gasteiger partial charge in [-0.1, -0.05) is 32.9 Å². The number of piperidine rings is 1. The second-order valence-electron chi connectivity index (χ2n) is 8.29. The van der Waals surface area contributed by atoms with Crippen LogP contribution in [0, 0.1) is 21.4 Å². The quantitative estimate of drug-likeness (QED) is 0.596. The highest BCUT2D eigenvalue weighted by molar-refractivity contribution is 5.83. The summed E-state index contributed by atoms with van der Waals surface area (Å²) in [6, 6.07) is 6.14. The standard InChI is InChI=1S/C20H29N3O4/c1-14(16-7-6-8-17(13-16)23(26)27)21(5)18(24)15-9-11-22(12-10-15)19(25)20(2,3)4/h6-8,13-15H,9-12H2,1-5H3. The van der Waals surface area contributed by atoms with Crippen LogP contribution in [0.1, 0.15) is 52.1 Å². The van der Waals surface area contributed by atoms with Crippen LogP contribution < -0.4 is 0 Å². The zero-order chi connectivity index (χ0) is 20.4. The van der Waals surface area contributed by atoms with Gasteiger partial charge in [-0.3, -0.25) is 19.7 Å². The molecule has 27 heavy (non-hydrogen) atoms. The number of carbonyl (C=O) groups excluding carboxylic acids is 2. The van der Waals surface area contributed by atoms with Gasteiger partial charge in [0.2, 0.25) is 11.8 Å². The van der Waals surface area contributed by atoms with Crippen LogP contribution in [0.3, 0.4) is 0 Å². The molecule has 1 fully saturated rings. The first kappa shape index (κ1) is 20.9. The number of hydrogen-bond donors (Lipinski definition) is 0. The van der Waals surface area contributed by atoms with Crippen molar-refractivity contribution in [3.63, 3.8) is 0 Å². The van der Waals surface area contributed by atoms with Gasteiger partial charge in [0, 0.05) is 43.6 Å². The third-order valence-corrected chi connectivity index (χ3v) is 5.27. The Morgan fingerprint density at radius 3 is 2.37 bits per heavy atom. The molecule has 1 atom stereocenters. The summed E-state index contributed by atoms with van der Waals surface area (Å²) in [5.41, 5.74) is 0.346. The summed E-state index contributed by atoms with van der Waals surface area (Å²) in [5, 5.41) is 11.0. The van der Waals surface area contributed by atoms with Gasteiger partial charge in [-0.05, 0) is 25.3 Å². The van der Waals surface area contributed by atoms with Crippen molar-refractivity contribution in [1.29, 1.82) is 0 Å². The molecule has 0 N–H and O–H groups in total. The first-order chi connectivity index (χ1) is 12.5. The van der Waals surface area contributed by atoms with E-state index >= 15 is 0 Å². The molecule has 0 bridgehead atoms. The molecular weight excluding hydrogens is 346 g/mol. The van der Waals surface area contributed by atoms with E-state index < -0.39 is 10.3 Å². The summed E-state index contributed by atoms with van der Waals surface area (Å²) in [6.45, 7) is 8.76. The van der Waals surface area contributed by atoms with Crippen molar-refractivity contribution in [2.75, 3.05) is 20.1 Å². The molecule has 0 spiro atoms. The van der Waals surface area contributed by atoms with Crippen LogP contribution in [0.2, 0.25) is 0 Å². The average Bonchev–Trinajstić information content (AvgIpc) is 2.65. The zero-order valence-electron chi connectivity index (χ0n) is 16.8. The van der Waals surface area contributed by atoms with Crippen LogP contribution in [0.25, 0.3) is 0 Å². The number of carbonyl (C=O) groups is 2. The minimum atomic E-state index is -0.431. The minimum Gasteiger partial charge on any atom is -0.342 e. The van der Waals surface area contributed by atoms with Crippen LogP contribution in [-0.4, -0.2) is 46.7 Å². The number of nitrogens with zero attached hydrogens (tertiary/aromatic N) is 3. The van der Waals surface area contributed by atoms with Crippen molar-refractivity contribution in [1.82, 2.24) is 9.80 Å². The number of non-ortho nitro benzene ring substituents is 1. The van der Waals surface area contributed by atoms with Gasteiger partial charge in [-0.25, -0.2) is 0 Å². The highest BCUT2D eigenvalue weighted by Crippen LogP contribution is 2.28. The Bertz CT molecular complexity index is 718. The Hall–Kier alpha value is -2.44. The van der Waals surface area contributed by atoms with E-state index in [9.17, 15) is 19.7 Å². The van der Waals surface area contributed by atoms with E-state index in [4.69, 9.17) is 0 Å². The molecule has 0 aliphatic carbocycles. The lowest BCUT2D eigenvalue weighted by molar-refractivity contribution is -0.384. The van der Waals surface area contributed by atoms with Crippen LogP contribution in [0.5, 0.6) is 0 Å². The third kappa shape index (κ3) is 4.84. The lowest BCUT2D eigenvalue weighted by Gasteiger charge is -2.37. The molecule has 2 amide bonds. The van der Waals surface area contributed by atoms with Crippen molar-refractivity contribution in [3.05, 3.63) is 39.9 Å². The second kappa shape index (κ2) is 8.06. The Labute approximate surface area is 160 Å². The summed E-state index contributed by atoms with van der Waals surface area (Å²) in [6.07, 6.45) is 1.29. The topological polar surface area (TPSA) is 83.8 Å². The number of nitro groups is 1. The van der Waals surface area contributed by atoms with Crippen LogP contribution in [0.15, 0.2) is 24.3 Å². The molecule has 1 aliphatic heterocycles. The van der Waals surface area contributed by atoms with Gasteiger partial charge in [0.25, 0.3) is 5.69 Å².